The van der Waals surface area contributed by atoms with Crippen molar-refractivity contribution in [3.05, 3.63) is 54.0 Å². The Morgan fingerprint density at radius 3 is 2.33 bits per heavy atom. The number of carbonyl (C=O) groups is 2. The van der Waals surface area contributed by atoms with Crippen LogP contribution in [0, 0.1) is 23.1 Å². The number of fused-ring (bicyclic) bond motifs is 1. The summed E-state index contributed by atoms with van der Waals surface area (Å²) in [6, 6.07) is 12.0. The van der Waals surface area contributed by atoms with Crippen LogP contribution in [0.25, 0.3) is 22.1 Å². The summed E-state index contributed by atoms with van der Waals surface area (Å²) in [4.78, 5) is 25.9. The van der Waals surface area contributed by atoms with Crippen LogP contribution in [0.15, 0.2) is 51.8 Å². The van der Waals surface area contributed by atoms with Crippen LogP contribution in [0.4, 0.5) is 4.39 Å². The van der Waals surface area contributed by atoms with Gasteiger partial charge in [-0.1, -0.05) is 32.0 Å². The van der Waals surface area contributed by atoms with Gasteiger partial charge in [-0.3, -0.25) is 9.59 Å². The second-order valence-corrected chi connectivity index (χ2v) is 11.6. The Bertz CT molecular complexity index is 1480. The highest BCUT2D eigenvalue weighted by atomic mass is 32.2. The summed E-state index contributed by atoms with van der Waals surface area (Å²) in [5.74, 6) is -2.70. The second-order valence-electron chi connectivity index (χ2n) is 9.59. The summed E-state index contributed by atoms with van der Waals surface area (Å²) in [6.45, 7) is 3.77. The molecule has 0 aliphatic heterocycles. The van der Waals surface area contributed by atoms with E-state index < -0.39 is 44.8 Å². The molecule has 1 aliphatic carbocycles. The van der Waals surface area contributed by atoms with Gasteiger partial charge in [-0.15, -0.1) is 0 Å². The third kappa shape index (κ3) is 5.26. The van der Waals surface area contributed by atoms with Gasteiger partial charge in [-0.2, -0.15) is 5.26 Å². The number of nitrogens with zero attached hydrogens (tertiary/aromatic N) is 1. The lowest BCUT2D eigenvalue weighted by molar-refractivity contribution is -0.123. The molecule has 1 heterocycles. The number of rotatable bonds is 8. The van der Waals surface area contributed by atoms with Gasteiger partial charge in [0.2, 0.25) is 11.7 Å². The molecule has 2 amide bonds. The first kappa shape index (κ1) is 25.4. The standard InChI is InChI=1S/C26H26FN3O5S/c1-15(2)12-20(24(31)30-26(14-28)10-11-26)29-25(32)23-22(27)19-9-6-17(13-21(19)35-23)16-4-7-18(8-5-16)36(3,33)34/h4-9,13,15,20H,10-12H2,1-3H3,(H,29,32)(H,30,31)/t20-/m0/s1. The van der Waals surface area contributed by atoms with Crippen molar-refractivity contribution in [2.24, 2.45) is 5.92 Å². The molecule has 1 atom stereocenters. The molecule has 1 aromatic heterocycles. The van der Waals surface area contributed by atoms with Crippen LogP contribution in [0.1, 0.15) is 43.7 Å². The number of furan rings is 1. The summed E-state index contributed by atoms with van der Waals surface area (Å²) in [5.41, 5.74) is 0.574. The molecule has 2 N–H and O–H groups in total. The zero-order valence-electron chi connectivity index (χ0n) is 20.1. The van der Waals surface area contributed by atoms with E-state index in [1.54, 1.807) is 24.3 Å². The fraction of sp³-hybridized carbons (Fsp3) is 0.346. The summed E-state index contributed by atoms with van der Waals surface area (Å²) in [6.07, 6.45) is 2.52. The van der Waals surface area contributed by atoms with Gasteiger partial charge in [0.15, 0.2) is 15.7 Å². The van der Waals surface area contributed by atoms with Crippen LogP contribution >= 0.6 is 0 Å². The fourth-order valence-electron chi connectivity index (χ4n) is 3.92. The molecule has 1 saturated carbocycles. The van der Waals surface area contributed by atoms with Crippen molar-refractivity contribution in [3.8, 4) is 17.2 Å². The number of nitriles is 1. The molecule has 1 fully saturated rings. The van der Waals surface area contributed by atoms with Gasteiger partial charge in [-0.05, 0) is 60.6 Å². The maximum atomic E-state index is 15.1. The molecule has 0 saturated heterocycles. The molecule has 0 spiro atoms. The van der Waals surface area contributed by atoms with Crippen molar-refractivity contribution in [1.82, 2.24) is 10.6 Å². The highest BCUT2D eigenvalue weighted by molar-refractivity contribution is 7.90. The molecule has 4 rings (SSSR count). The summed E-state index contributed by atoms with van der Waals surface area (Å²) in [5, 5.41) is 14.6. The molecule has 188 valence electrons. The maximum absolute atomic E-state index is 15.1. The van der Waals surface area contributed by atoms with E-state index in [-0.39, 0.29) is 21.8 Å². The predicted octanol–water partition coefficient (Wildman–Crippen LogP) is 3.96. The third-order valence-corrected chi connectivity index (χ3v) is 7.24. The van der Waals surface area contributed by atoms with Crippen molar-refractivity contribution in [2.45, 2.75) is 49.6 Å². The predicted molar refractivity (Wildman–Crippen MR) is 131 cm³/mol. The van der Waals surface area contributed by atoms with Crippen molar-refractivity contribution in [1.29, 1.82) is 5.26 Å². The molecule has 36 heavy (non-hydrogen) atoms. The molecule has 2 aromatic carbocycles. The van der Waals surface area contributed by atoms with E-state index in [0.29, 0.717) is 30.4 Å². The van der Waals surface area contributed by atoms with Gasteiger partial charge < -0.3 is 15.1 Å². The molecule has 0 bridgehead atoms. The molecular weight excluding hydrogens is 485 g/mol. The van der Waals surface area contributed by atoms with E-state index >= 15 is 4.39 Å². The van der Waals surface area contributed by atoms with Crippen LogP contribution in [-0.4, -0.2) is 38.1 Å². The minimum atomic E-state index is -3.34. The highest BCUT2D eigenvalue weighted by Gasteiger charge is 2.45. The van der Waals surface area contributed by atoms with Gasteiger partial charge in [0, 0.05) is 6.26 Å². The maximum Gasteiger partial charge on any atom is 0.290 e. The topological polar surface area (TPSA) is 129 Å². The smallest absolute Gasteiger partial charge is 0.290 e. The van der Waals surface area contributed by atoms with Crippen LogP contribution < -0.4 is 10.6 Å². The van der Waals surface area contributed by atoms with E-state index in [2.05, 4.69) is 16.7 Å². The van der Waals surface area contributed by atoms with Crippen molar-refractivity contribution >= 4 is 32.6 Å². The van der Waals surface area contributed by atoms with Gasteiger partial charge in [0.05, 0.1) is 16.4 Å². The normalized spacial score (nSPS) is 15.3. The second kappa shape index (κ2) is 9.39. The minimum absolute atomic E-state index is 0.0513. The molecule has 0 radical (unpaired) electrons. The Hall–Kier alpha value is -3.71. The van der Waals surface area contributed by atoms with Gasteiger partial charge in [0.25, 0.3) is 5.91 Å². The monoisotopic (exact) mass is 511 g/mol. The van der Waals surface area contributed by atoms with Gasteiger partial charge in [-0.25, -0.2) is 12.8 Å². The zero-order valence-corrected chi connectivity index (χ0v) is 20.9. The molecule has 1 aliphatic rings. The molecule has 3 aromatic rings. The van der Waals surface area contributed by atoms with E-state index in [4.69, 9.17) is 4.42 Å². The number of carbonyl (C=O) groups excluding carboxylic acids is 2. The number of amides is 2. The minimum Gasteiger partial charge on any atom is -0.448 e. The fourth-order valence-corrected chi connectivity index (χ4v) is 4.56. The summed E-state index contributed by atoms with van der Waals surface area (Å²) < 4.78 is 44.0. The Kier molecular flexibility index (Phi) is 6.62. The number of hydrogen-bond acceptors (Lipinski definition) is 6. The Labute approximate surface area is 208 Å². The lowest BCUT2D eigenvalue weighted by Gasteiger charge is -2.21. The number of halogens is 1. The molecule has 0 unspecified atom stereocenters. The molecule has 10 heteroatoms. The quantitative estimate of drug-likeness (QED) is 0.471. The van der Waals surface area contributed by atoms with Gasteiger partial charge in [0.1, 0.15) is 17.2 Å². The largest absolute Gasteiger partial charge is 0.448 e. The first-order valence-electron chi connectivity index (χ1n) is 11.5. The Morgan fingerprint density at radius 1 is 1.14 bits per heavy atom. The zero-order chi connectivity index (χ0) is 26.3. The van der Waals surface area contributed by atoms with Crippen LogP contribution in [0.2, 0.25) is 0 Å². The van der Waals surface area contributed by atoms with E-state index in [0.717, 1.165) is 6.26 Å². The third-order valence-electron chi connectivity index (χ3n) is 6.11. The molecular formula is C26H26FN3O5S. The Morgan fingerprint density at radius 2 is 1.78 bits per heavy atom. The lowest BCUT2D eigenvalue weighted by atomic mass is 10.0. The van der Waals surface area contributed by atoms with Crippen molar-refractivity contribution in [2.75, 3.05) is 6.26 Å². The highest BCUT2D eigenvalue weighted by Crippen LogP contribution is 2.34. The number of hydrogen-bond donors (Lipinski definition) is 2. The number of benzene rings is 2. The first-order chi connectivity index (χ1) is 16.9. The summed E-state index contributed by atoms with van der Waals surface area (Å²) in [7, 11) is -3.34. The van der Waals surface area contributed by atoms with Crippen molar-refractivity contribution < 1.29 is 26.8 Å². The van der Waals surface area contributed by atoms with Crippen LogP contribution in [0.3, 0.4) is 0 Å². The van der Waals surface area contributed by atoms with Crippen LogP contribution in [-0.2, 0) is 14.6 Å². The molecule has 8 nitrogen and oxygen atoms in total. The van der Waals surface area contributed by atoms with E-state index in [1.807, 2.05) is 13.8 Å². The SMILES string of the molecule is CC(C)C[C@H](NC(=O)c1oc2cc(-c3ccc(S(C)(=O)=O)cc3)ccc2c1F)C(=O)NC1(C#N)CC1. The van der Waals surface area contributed by atoms with Crippen LogP contribution in [0.5, 0.6) is 0 Å². The average molecular weight is 512 g/mol. The van der Waals surface area contributed by atoms with E-state index in [1.165, 1.54) is 18.2 Å². The van der Waals surface area contributed by atoms with E-state index in [9.17, 15) is 23.3 Å². The van der Waals surface area contributed by atoms with Gasteiger partial charge >= 0.3 is 0 Å². The first-order valence-corrected chi connectivity index (χ1v) is 13.4. The van der Waals surface area contributed by atoms with Crippen molar-refractivity contribution in [3.63, 3.8) is 0 Å². The Balaban J connectivity index is 1.58. The number of nitrogens with one attached hydrogen (secondary N) is 2. The average Bonchev–Trinajstić information content (AvgIpc) is 3.52. The number of sulfone groups is 1. The lowest BCUT2D eigenvalue weighted by Crippen LogP contribution is -2.50. The summed E-state index contributed by atoms with van der Waals surface area (Å²) >= 11 is 0.